The van der Waals surface area contributed by atoms with Gasteiger partial charge in [0, 0.05) is 19.8 Å². The van der Waals surface area contributed by atoms with Gasteiger partial charge in [-0.25, -0.2) is 0 Å². The summed E-state index contributed by atoms with van der Waals surface area (Å²) < 4.78 is 5.41. The van der Waals surface area contributed by atoms with Crippen molar-refractivity contribution in [2.24, 2.45) is 5.41 Å². The topological polar surface area (TPSA) is 75.6 Å². The molecule has 0 bridgehead atoms. The van der Waals surface area contributed by atoms with Crippen LogP contribution in [-0.2, 0) is 19.7 Å². The van der Waals surface area contributed by atoms with Crippen molar-refractivity contribution in [2.75, 3.05) is 19.8 Å². The third kappa shape index (κ3) is 3.30. The molecule has 1 aromatic rings. The minimum absolute atomic E-state index is 0.108. The fourth-order valence-corrected chi connectivity index (χ4v) is 2.67. The Morgan fingerprint density at radius 3 is 2.36 bits per heavy atom. The van der Waals surface area contributed by atoms with Gasteiger partial charge in [0.05, 0.1) is 10.8 Å². The first-order chi connectivity index (χ1) is 10.4. The van der Waals surface area contributed by atoms with E-state index in [2.05, 4.69) is 5.32 Å². The molecule has 0 unspecified atom stereocenters. The van der Waals surface area contributed by atoms with Crippen LogP contribution in [-0.4, -0.2) is 36.7 Å². The number of hydrogen-bond acceptors (Lipinski definition) is 3. The minimum Gasteiger partial charge on any atom is -0.481 e. The molecule has 1 aromatic carbocycles. The van der Waals surface area contributed by atoms with Crippen molar-refractivity contribution in [1.82, 2.24) is 5.32 Å². The molecule has 120 valence electrons. The summed E-state index contributed by atoms with van der Waals surface area (Å²) in [6, 6.07) is 9.66. The molecule has 5 nitrogen and oxygen atoms in total. The van der Waals surface area contributed by atoms with Gasteiger partial charge < -0.3 is 15.2 Å². The van der Waals surface area contributed by atoms with Gasteiger partial charge >= 0.3 is 5.97 Å². The molecule has 0 aromatic heterocycles. The molecule has 22 heavy (non-hydrogen) atoms. The van der Waals surface area contributed by atoms with E-state index in [1.165, 1.54) is 0 Å². The second-order valence-electron chi connectivity index (χ2n) is 6.43. The van der Waals surface area contributed by atoms with E-state index in [0.29, 0.717) is 26.1 Å². The van der Waals surface area contributed by atoms with Crippen molar-refractivity contribution in [3.05, 3.63) is 35.9 Å². The molecule has 5 heteroatoms. The molecule has 2 N–H and O–H groups in total. The van der Waals surface area contributed by atoms with Crippen LogP contribution in [0.5, 0.6) is 0 Å². The predicted octanol–water partition coefficient (Wildman–Crippen LogP) is 1.96. The molecular formula is C17H23NO4. The number of aliphatic carboxylic acids is 1. The number of nitrogens with one attached hydrogen (secondary N) is 1. The quantitative estimate of drug-likeness (QED) is 0.872. The Morgan fingerprint density at radius 2 is 1.82 bits per heavy atom. The van der Waals surface area contributed by atoms with Crippen molar-refractivity contribution in [2.45, 2.75) is 32.1 Å². The molecule has 1 aliphatic heterocycles. The molecule has 0 atom stereocenters. The molecule has 1 aliphatic rings. The second kappa shape index (κ2) is 6.48. The van der Waals surface area contributed by atoms with E-state index in [1.807, 2.05) is 30.3 Å². The van der Waals surface area contributed by atoms with Crippen molar-refractivity contribution < 1.29 is 19.4 Å². The fraction of sp³-hybridized carbons (Fsp3) is 0.529. The van der Waals surface area contributed by atoms with E-state index in [9.17, 15) is 14.7 Å². The Hall–Kier alpha value is -1.88. The van der Waals surface area contributed by atoms with Gasteiger partial charge in [0.1, 0.15) is 0 Å². The smallest absolute Gasteiger partial charge is 0.310 e. The Balaban J connectivity index is 2.19. The first-order valence-corrected chi connectivity index (χ1v) is 7.53. The highest BCUT2D eigenvalue weighted by molar-refractivity contribution is 5.89. The van der Waals surface area contributed by atoms with Crippen LogP contribution >= 0.6 is 0 Å². The Morgan fingerprint density at radius 1 is 1.23 bits per heavy atom. The number of benzene rings is 1. The zero-order valence-electron chi connectivity index (χ0n) is 13.1. The van der Waals surface area contributed by atoms with Gasteiger partial charge in [-0.2, -0.15) is 0 Å². The standard InChI is InChI=1S/C17H23NO4/c1-16(2,15(20)21)12-18-14(19)17(8-10-22-11-9-17)13-6-4-3-5-7-13/h3-7H,8-12H2,1-2H3,(H,18,19)(H,20,21). The maximum atomic E-state index is 12.8. The van der Waals surface area contributed by atoms with Crippen molar-refractivity contribution in [1.29, 1.82) is 0 Å². The zero-order chi connectivity index (χ0) is 16.2. The van der Waals surface area contributed by atoms with Gasteiger partial charge in [-0.3, -0.25) is 9.59 Å². The molecule has 0 aliphatic carbocycles. The lowest BCUT2D eigenvalue weighted by molar-refractivity contribution is -0.147. The summed E-state index contributed by atoms with van der Waals surface area (Å²) in [5.41, 5.74) is -0.656. The average Bonchev–Trinajstić information content (AvgIpc) is 2.54. The number of carbonyl (C=O) groups excluding carboxylic acids is 1. The van der Waals surface area contributed by atoms with E-state index in [-0.39, 0.29) is 12.5 Å². The number of ether oxygens (including phenoxy) is 1. The molecule has 0 radical (unpaired) electrons. The van der Waals surface area contributed by atoms with E-state index in [0.717, 1.165) is 5.56 Å². The van der Waals surface area contributed by atoms with Crippen LogP contribution in [0.4, 0.5) is 0 Å². The first kappa shape index (κ1) is 16.5. The Labute approximate surface area is 130 Å². The first-order valence-electron chi connectivity index (χ1n) is 7.53. The number of hydrogen-bond donors (Lipinski definition) is 2. The number of carboxylic acids is 1. The number of rotatable bonds is 5. The fourth-order valence-electron chi connectivity index (χ4n) is 2.67. The van der Waals surface area contributed by atoms with Crippen molar-refractivity contribution >= 4 is 11.9 Å². The molecule has 1 amide bonds. The van der Waals surface area contributed by atoms with Crippen molar-refractivity contribution in [3.63, 3.8) is 0 Å². The highest BCUT2D eigenvalue weighted by Gasteiger charge is 2.42. The average molecular weight is 305 g/mol. The normalized spacial score (nSPS) is 17.7. The van der Waals surface area contributed by atoms with Gasteiger partial charge in [-0.15, -0.1) is 0 Å². The van der Waals surface area contributed by atoms with Crippen LogP contribution < -0.4 is 5.32 Å². The van der Waals surface area contributed by atoms with E-state index < -0.39 is 16.8 Å². The van der Waals surface area contributed by atoms with Crippen LogP contribution in [0.2, 0.25) is 0 Å². The van der Waals surface area contributed by atoms with Gasteiger partial charge in [0.15, 0.2) is 0 Å². The van der Waals surface area contributed by atoms with Crippen LogP contribution in [0.15, 0.2) is 30.3 Å². The largest absolute Gasteiger partial charge is 0.481 e. The monoisotopic (exact) mass is 305 g/mol. The highest BCUT2D eigenvalue weighted by Crippen LogP contribution is 2.35. The predicted molar refractivity (Wildman–Crippen MR) is 82.6 cm³/mol. The summed E-state index contributed by atoms with van der Waals surface area (Å²) in [5.74, 6) is -1.04. The SMILES string of the molecule is CC(C)(CNC(=O)C1(c2ccccc2)CCOCC1)C(=O)O. The van der Waals surface area contributed by atoms with Gasteiger partial charge in [0.25, 0.3) is 0 Å². The van der Waals surface area contributed by atoms with E-state index in [4.69, 9.17) is 4.74 Å². The molecule has 1 fully saturated rings. The molecule has 0 saturated carbocycles. The third-order valence-electron chi connectivity index (χ3n) is 4.38. The summed E-state index contributed by atoms with van der Waals surface area (Å²) in [7, 11) is 0. The van der Waals surface area contributed by atoms with Gasteiger partial charge in [-0.05, 0) is 32.3 Å². The molecule has 1 heterocycles. The zero-order valence-corrected chi connectivity index (χ0v) is 13.1. The van der Waals surface area contributed by atoms with Crippen molar-refractivity contribution in [3.8, 4) is 0 Å². The molecule has 2 rings (SSSR count). The minimum atomic E-state index is -0.987. The van der Waals surface area contributed by atoms with Gasteiger partial charge in [0.2, 0.25) is 5.91 Å². The lowest BCUT2D eigenvalue weighted by Gasteiger charge is -2.37. The lowest BCUT2D eigenvalue weighted by atomic mass is 9.73. The number of amides is 1. The summed E-state index contributed by atoms with van der Waals surface area (Å²) >= 11 is 0. The second-order valence-corrected chi connectivity index (χ2v) is 6.43. The molecular weight excluding hydrogens is 282 g/mol. The summed E-state index contributed by atoms with van der Waals surface area (Å²) in [5, 5.41) is 12.0. The lowest BCUT2D eigenvalue weighted by Crippen LogP contribution is -2.50. The van der Waals surface area contributed by atoms with Crippen LogP contribution in [0, 0.1) is 5.41 Å². The maximum Gasteiger partial charge on any atom is 0.310 e. The number of carbonyl (C=O) groups is 2. The summed E-state index contributed by atoms with van der Waals surface area (Å²) in [4.78, 5) is 24.0. The maximum absolute atomic E-state index is 12.8. The van der Waals surface area contributed by atoms with E-state index >= 15 is 0 Å². The van der Waals surface area contributed by atoms with Crippen LogP contribution in [0.25, 0.3) is 0 Å². The number of carboxylic acid groups (broad SMARTS) is 1. The Bertz CT molecular complexity index is 533. The summed E-state index contributed by atoms with van der Waals surface area (Å²) in [6.07, 6.45) is 1.21. The summed E-state index contributed by atoms with van der Waals surface area (Å²) in [6.45, 7) is 4.38. The molecule has 0 spiro atoms. The van der Waals surface area contributed by atoms with E-state index in [1.54, 1.807) is 13.8 Å². The highest BCUT2D eigenvalue weighted by atomic mass is 16.5. The van der Waals surface area contributed by atoms with Gasteiger partial charge in [-0.1, -0.05) is 30.3 Å². The molecule has 1 saturated heterocycles. The third-order valence-corrected chi connectivity index (χ3v) is 4.38. The van der Waals surface area contributed by atoms with Crippen LogP contribution in [0.3, 0.4) is 0 Å². The van der Waals surface area contributed by atoms with Crippen LogP contribution in [0.1, 0.15) is 32.3 Å². The Kier molecular flexibility index (Phi) is 4.86.